The fraction of sp³-hybridized carbons (Fsp3) is 0.533. The Hall–Kier alpha value is -0.760. The van der Waals surface area contributed by atoms with Crippen LogP contribution in [-0.2, 0) is 4.79 Å². The van der Waals surface area contributed by atoms with E-state index in [-0.39, 0.29) is 0 Å². The molecule has 0 unspecified atom stereocenters. The van der Waals surface area contributed by atoms with Crippen molar-refractivity contribution in [2.24, 2.45) is 5.92 Å². The number of Topliss-reactive ketones (excluding diaryl/α,β-unsaturated/α-hetero) is 1. The molecule has 0 aliphatic heterocycles. The van der Waals surface area contributed by atoms with Gasteiger partial charge in [-0.05, 0) is 38.3 Å². The van der Waals surface area contributed by atoms with Gasteiger partial charge < -0.3 is 0 Å². The average Bonchev–Trinajstić information content (AvgIpc) is 2.83. The zero-order valence-corrected chi connectivity index (χ0v) is 11.5. The molecule has 0 spiro atoms. The van der Waals surface area contributed by atoms with Crippen molar-refractivity contribution in [1.82, 2.24) is 0 Å². The maximum atomic E-state index is 12.0. The first kappa shape index (κ1) is 12.7. The van der Waals surface area contributed by atoms with Crippen LogP contribution in [0.2, 0.25) is 0 Å². The van der Waals surface area contributed by atoms with E-state index in [4.69, 9.17) is 0 Å². The summed E-state index contributed by atoms with van der Waals surface area (Å²) in [5, 5.41) is 0. The third kappa shape index (κ3) is 3.35. The number of hydrogen-bond donors (Lipinski definition) is 0. The smallest absolute Gasteiger partial charge is 0.146 e. The Balaban J connectivity index is 1.92. The lowest BCUT2D eigenvalue weighted by atomic mass is 10.0. The summed E-state index contributed by atoms with van der Waals surface area (Å²) >= 11 is 1.71. The second kappa shape index (κ2) is 5.72. The Morgan fingerprint density at radius 2 is 2.00 bits per heavy atom. The number of aryl methyl sites for hydroxylation is 2. The molecular weight excluding hydrogens is 228 g/mol. The fourth-order valence-corrected chi connectivity index (χ4v) is 3.48. The predicted octanol–water partition coefficient (Wildman–Crippen LogP) is 4.15. The van der Waals surface area contributed by atoms with E-state index in [1.54, 1.807) is 11.8 Å². The van der Waals surface area contributed by atoms with Crippen LogP contribution >= 0.6 is 11.8 Å². The number of thioether (sulfide) groups is 1. The highest BCUT2D eigenvalue weighted by Gasteiger charge is 2.22. The lowest BCUT2D eigenvalue weighted by molar-refractivity contribution is -0.120. The Bertz CT molecular complexity index is 405. The molecule has 0 atom stereocenters. The van der Waals surface area contributed by atoms with Gasteiger partial charge in [0.25, 0.3) is 0 Å². The molecule has 1 nitrogen and oxygen atoms in total. The minimum absolute atomic E-state index is 0.354. The molecule has 17 heavy (non-hydrogen) atoms. The monoisotopic (exact) mass is 248 g/mol. The van der Waals surface area contributed by atoms with Gasteiger partial charge in [-0.1, -0.05) is 30.5 Å². The van der Waals surface area contributed by atoms with Crippen molar-refractivity contribution in [2.45, 2.75) is 44.4 Å². The summed E-state index contributed by atoms with van der Waals surface area (Å²) in [6.45, 7) is 4.21. The van der Waals surface area contributed by atoms with Gasteiger partial charge in [-0.25, -0.2) is 0 Å². The first-order valence-corrected chi connectivity index (χ1v) is 7.38. The average molecular weight is 248 g/mol. The summed E-state index contributed by atoms with van der Waals surface area (Å²) in [7, 11) is 0. The van der Waals surface area contributed by atoms with E-state index < -0.39 is 0 Å². The number of carbonyl (C=O) groups excluding carboxylic acids is 1. The largest absolute Gasteiger partial charge is 0.298 e. The van der Waals surface area contributed by atoms with Crippen molar-refractivity contribution in [2.75, 3.05) is 5.75 Å². The Morgan fingerprint density at radius 1 is 1.29 bits per heavy atom. The van der Waals surface area contributed by atoms with Gasteiger partial charge in [-0.3, -0.25) is 4.79 Å². The molecule has 0 radical (unpaired) electrons. The molecule has 2 heteroatoms. The molecule has 2 rings (SSSR count). The van der Waals surface area contributed by atoms with E-state index in [9.17, 15) is 4.79 Å². The van der Waals surface area contributed by atoms with Gasteiger partial charge in [0.05, 0.1) is 5.75 Å². The molecule has 1 aromatic rings. The number of hydrogen-bond acceptors (Lipinski definition) is 2. The molecule has 1 aliphatic rings. The van der Waals surface area contributed by atoms with Crippen molar-refractivity contribution in [3.05, 3.63) is 29.3 Å². The maximum absolute atomic E-state index is 12.0. The summed E-state index contributed by atoms with van der Waals surface area (Å²) in [5.74, 6) is 1.45. The predicted molar refractivity (Wildman–Crippen MR) is 73.6 cm³/mol. The van der Waals surface area contributed by atoms with Crippen molar-refractivity contribution >= 4 is 17.5 Å². The van der Waals surface area contributed by atoms with Crippen LogP contribution in [0.15, 0.2) is 23.1 Å². The van der Waals surface area contributed by atoms with Crippen molar-refractivity contribution in [3.8, 4) is 0 Å². The quantitative estimate of drug-likeness (QED) is 0.744. The second-order valence-electron chi connectivity index (χ2n) is 5.01. The summed E-state index contributed by atoms with van der Waals surface area (Å²) in [6, 6.07) is 6.44. The summed E-state index contributed by atoms with van der Waals surface area (Å²) in [5.41, 5.74) is 2.55. The van der Waals surface area contributed by atoms with Crippen molar-refractivity contribution in [1.29, 1.82) is 0 Å². The van der Waals surface area contributed by atoms with Gasteiger partial charge in [0.2, 0.25) is 0 Å². The normalized spacial score (nSPS) is 16.4. The molecule has 1 fully saturated rings. The molecule has 0 saturated heterocycles. The summed E-state index contributed by atoms with van der Waals surface area (Å²) in [6.07, 6.45) is 4.72. The van der Waals surface area contributed by atoms with Gasteiger partial charge in [0.15, 0.2) is 0 Å². The molecule has 0 N–H and O–H groups in total. The summed E-state index contributed by atoms with van der Waals surface area (Å²) in [4.78, 5) is 13.3. The minimum Gasteiger partial charge on any atom is -0.298 e. The van der Waals surface area contributed by atoms with E-state index in [1.165, 1.54) is 28.9 Å². The Morgan fingerprint density at radius 3 is 2.71 bits per heavy atom. The number of ketones is 1. The van der Waals surface area contributed by atoms with Gasteiger partial charge in [-0.15, -0.1) is 11.8 Å². The van der Waals surface area contributed by atoms with Crippen LogP contribution in [0.5, 0.6) is 0 Å². The van der Waals surface area contributed by atoms with Crippen LogP contribution in [0.4, 0.5) is 0 Å². The standard InChI is InChI=1S/C15H20OS/c1-11-7-8-12(2)15(9-11)17-10-14(16)13-5-3-4-6-13/h7-9,13H,3-6,10H2,1-2H3. The van der Waals surface area contributed by atoms with Gasteiger partial charge in [-0.2, -0.15) is 0 Å². The summed E-state index contributed by atoms with van der Waals surface area (Å²) < 4.78 is 0. The molecule has 92 valence electrons. The van der Waals surface area contributed by atoms with E-state index in [0.717, 1.165) is 12.8 Å². The van der Waals surface area contributed by atoms with E-state index in [2.05, 4.69) is 32.0 Å². The first-order chi connectivity index (χ1) is 8.16. The molecule has 0 amide bonds. The molecule has 0 aromatic heterocycles. The second-order valence-corrected chi connectivity index (χ2v) is 6.02. The SMILES string of the molecule is Cc1ccc(C)c(SCC(=O)C2CCCC2)c1. The number of carbonyl (C=O) groups is 1. The van der Waals surface area contributed by atoms with Crippen molar-refractivity contribution in [3.63, 3.8) is 0 Å². The number of rotatable bonds is 4. The molecule has 1 saturated carbocycles. The third-order valence-electron chi connectivity index (χ3n) is 3.52. The van der Waals surface area contributed by atoms with Crippen LogP contribution in [0.3, 0.4) is 0 Å². The topological polar surface area (TPSA) is 17.1 Å². The van der Waals surface area contributed by atoms with E-state index >= 15 is 0 Å². The third-order valence-corrected chi connectivity index (χ3v) is 4.70. The number of benzene rings is 1. The van der Waals surface area contributed by atoms with Crippen LogP contribution in [0.25, 0.3) is 0 Å². The lowest BCUT2D eigenvalue weighted by Gasteiger charge is -2.09. The zero-order valence-electron chi connectivity index (χ0n) is 10.7. The van der Waals surface area contributed by atoms with Crippen LogP contribution < -0.4 is 0 Å². The van der Waals surface area contributed by atoms with Crippen LogP contribution in [0, 0.1) is 19.8 Å². The minimum atomic E-state index is 0.354. The molecule has 1 aliphatic carbocycles. The highest BCUT2D eigenvalue weighted by atomic mass is 32.2. The highest BCUT2D eigenvalue weighted by Crippen LogP contribution is 2.29. The Kier molecular flexibility index (Phi) is 4.27. The first-order valence-electron chi connectivity index (χ1n) is 6.39. The zero-order chi connectivity index (χ0) is 12.3. The molecule has 0 heterocycles. The lowest BCUT2D eigenvalue weighted by Crippen LogP contribution is -2.13. The van der Waals surface area contributed by atoms with Crippen molar-refractivity contribution < 1.29 is 4.79 Å². The Labute approximate surface area is 108 Å². The van der Waals surface area contributed by atoms with Gasteiger partial charge in [0.1, 0.15) is 5.78 Å². The van der Waals surface area contributed by atoms with E-state index in [1.807, 2.05) is 0 Å². The molecule has 0 bridgehead atoms. The van der Waals surface area contributed by atoms with Crippen LogP contribution in [-0.4, -0.2) is 11.5 Å². The molecular formula is C15H20OS. The van der Waals surface area contributed by atoms with E-state index in [0.29, 0.717) is 17.5 Å². The highest BCUT2D eigenvalue weighted by molar-refractivity contribution is 8.00. The van der Waals surface area contributed by atoms with Crippen LogP contribution in [0.1, 0.15) is 36.8 Å². The van der Waals surface area contributed by atoms with Gasteiger partial charge in [0, 0.05) is 10.8 Å². The molecule has 1 aromatic carbocycles. The van der Waals surface area contributed by atoms with Gasteiger partial charge >= 0.3 is 0 Å². The maximum Gasteiger partial charge on any atom is 0.146 e. The fourth-order valence-electron chi connectivity index (χ4n) is 2.38.